The number of carbonyl (C=O) groups is 3. The minimum atomic E-state index is -0.826. The van der Waals surface area contributed by atoms with Crippen molar-refractivity contribution in [3.05, 3.63) is 42.0 Å². The Bertz CT molecular complexity index is 760. The number of benzene rings is 1. The van der Waals surface area contributed by atoms with Gasteiger partial charge in [-0.25, -0.2) is 4.79 Å². The largest absolute Gasteiger partial charge is 0.465 e. The summed E-state index contributed by atoms with van der Waals surface area (Å²) in [7, 11) is 3.30. The molecule has 0 N–H and O–H groups in total. The number of ether oxygens (including phenoxy) is 5. The van der Waals surface area contributed by atoms with Crippen LogP contribution in [0.3, 0.4) is 0 Å². The van der Waals surface area contributed by atoms with E-state index in [1.54, 1.807) is 20.3 Å². The van der Waals surface area contributed by atoms with Crippen molar-refractivity contribution in [2.24, 2.45) is 5.41 Å². The van der Waals surface area contributed by atoms with E-state index in [2.05, 4.69) is 0 Å². The Morgan fingerprint density at radius 2 is 1.24 bits per heavy atom. The Balaban J connectivity index is 2.67. The molecule has 0 aromatic heterocycles. The lowest BCUT2D eigenvalue weighted by molar-refractivity contribution is -0.160. The molecule has 0 saturated carbocycles. The van der Waals surface area contributed by atoms with Crippen molar-refractivity contribution in [3.63, 3.8) is 0 Å². The van der Waals surface area contributed by atoms with E-state index in [4.69, 9.17) is 23.7 Å². The molecule has 1 rings (SSSR count). The highest BCUT2D eigenvalue weighted by atomic mass is 16.6. The van der Waals surface area contributed by atoms with Gasteiger partial charge in [0, 0.05) is 46.4 Å². The molecule has 0 aliphatic heterocycles. The first-order valence-electron chi connectivity index (χ1n) is 13.1. The lowest BCUT2D eigenvalue weighted by Gasteiger charge is -2.31. The van der Waals surface area contributed by atoms with E-state index >= 15 is 0 Å². The normalized spacial score (nSPS) is 11.4. The third kappa shape index (κ3) is 15.9. The SMILES string of the molecule is CCC(COC(=O)/C=C/c1ccccc1)(COC(=O)CCCCCOC)COC(=O)CCCCCOC. The molecule has 0 bridgehead atoms. The fraction of sp³-hybridized carbons (Fsp3) is 0.621. The van der Waals surface area contributed by atoms with Gasteiger partial charge in [0.1, 0.15) is 19.8 Å². The quantitative estimate of drug-likeness (QED) is 0.0951. The molecule has 0 aliphatic carbocycles. The van der Waals surface area contributed by atoms with Crippen molar-refractivity contribution in [1.29, 1.82) is 0 Å². The van der Waals surface area contributed by atoms with Gasteiger partial charge in [-0.05, 0) is 43.7 Å². The van der Waals surface area contributed by atoms with Crippen LogP contribution in [0.25, 0.3) is 6.08 Å². The van der Waals surface area contributed by atoms with Crippen molar-refractivity contribution < 1.29 is 38.1 Å². The van der Waals surface area contributed by atoms with E-state index in [1.807, 2.05) is 37.3 Å². The van der Waals surface area contributed by atoms with Gasteiger partial charge >= 0.3 is 17.9 Å². The number of hydrogen-bond donors (Lipinski definition) is 0. The minimum Gasteiger partial charge on any atom is -0.465 e. The van der Waals surface area contributed by atoms with Gasteiger partial charge in [0.15, 0.2) is 0 Å². The molecule has 1 aromatic rings. The highest BCUT2D eigenvalue weighted by Crippen LogP contribution is 2.25. The predicted molar refractivity (Wildman–Crippen MR) is 142 cm³/mol. The number of methoxy groups -OCH3 is 2. The van der Waals surface area contributed by atoms with Crippen molar-refractivity contribution in [1.82, 2.24) is 0 Å². The maximum atomic E-state index is 12.4. The molecule has 8 nitrogen and oxygen atoms in total. The predicted octanol–water partition coefficient (Wildman–Crippen LogP) is 5.14. The topological polar surface area (TPSA) is 97.4 Å². The van der Waals surface area contributed by atoms with E-state index in [0.717, 1.165) is 31.2 Å². The van der Waals surface area contributed by atoms with Crippen LogP contribution in [0.1, 0.15) is 70.3 Å². The zero-order valence-electron chi connectivity index (χ0n) is 22.7. The van der Waals surface area contributed by atoms with E-state index in [-0.39, 0.29) is 31.8 Å². The number of carbonyl (C=O) groups excluding carboxylic acids is 3. The van der Waals surface area contributed by atoms with Crippen LogP contribution in [0, 0.1) is 5.41 Å². The monoisotopic (exact) mass is 520 g/mol. The van der Waals surface area contributed by atoms with E-state index < -0.39 is 11.4 Å². The molecule has 0 aliphatic rings. The van der Waals surface area contributed by atoms with Crippen LogP contribution in [0.2, 0.25) is 0 Å². The Labute approximate surface area is 221 Å². The Morgan fingerprint density at radius 1 is 0.730 bits per heavy atom. The Hall–Kier alpha value is -2.71. The molecule has 0 spiro atoms. The van der Waals surface area contributed by atoms with Crippen LogP contribution in [0.5, 0.6) is 0 Å². The zero-order chi connectivity index (χ0) is 27.2. The second-order valence-corrected chi connectivity index (χ2v) is 9.13. The van der Waals surface area contributed by atoms with Gasteiger partial charge in [0.25, 0.3) is 0 Å². The first kappa shape index (κ1) is 32.3. The summed E-state index contributed by atoms with van der Waals surface area (Å²) in [5, 5.41) is 0. The molecule has 8 heteroatoms. The third-order valence-electron chi connectivity index (χ3n) is 6.02. The summed E-state index contributed by atoms with van der Waals surface area (Å²) in [6.07, 6.45) is 9.03. The van der Waals surface area contributed by atoms with Gasteiger partial charge < -0.3 is 23.7 Å². The van der Waals surface area contributed by atoms with Gasteiger partial charge in [0.2, 0.25) is 0 Å². The number of hydrogen-bond acceptors (Lipinski definition) is 8. The zero-order valence-corrected chi connectivity index (χ0v) is 22.7. The lowest BCUT2D eigenvalue weighted by Crippen LogP contribution is -2.39. The van der Waals surface area contributed by atoms with Gasteiger partial charge in [-0.3, -0.25) is 9.59 Å². The van der Waals surface area contributed by atoms with Crippen molar-refractivity contribution in [2.45, 2.75) is 64.7 Å². The van der Waals surface area contributed by atoms with E-state index in [9.17, 15) is 14.4 Å². The first-order chi connectivity index (χ1) is 17.9. The summed E-state index contributed by atoms with van der Waals surface area (Å²) < 4.78 is 26.6. The smallest absolute Gasteiger partial charge is 0.330 e. The van der Waals surface area contributed by atoms with E-state index in [0.29, 0.717) is 45.3 Å². The van der Waals surface area contributed by atoms with Gasteiger partial charge in [-0.2, -0.15) is 0 Å². The fourth-order valence-electron chi connectivity index (χ4n) is 3.43. The Morgan fingerprint density at radius 3 is 1.73 bits per heavy atom. The number of rotatable bonds is 21. The van der Waals surface area contributed by atoms with Crippen molar-refractivity contribution >= 4 is 24.0 Å². The molecule has 0 unspecified atom stereocenters. The highest BCUT2D eigenvalue weighted by molar-refractivity contribution is 5.87. The number of esters is 3. The lowest BCUT2D eigenvalue weighted by atomic mass is 9.88. The summed E-state index contributed by atoms with van der Waals surface area (Å²) >= 11 is 0. The van der Waals surface area contributed by atoms with Crippen LogP contribution in [-0.2, 0) is 38.1 Å². The van der Waals surface area contributed by atoms with Crippen molar-refractivity contribution in [3.8, 4) is 0 Å². The molecule has 0 amide bonds. The van der Waals surface area contributed by atoms with E-state index in [1.165, 1.54) is 6.08 Å². The Kier molecular flexibility index (Phi) is 17.8. The molecule has 0 heterocycles. The molecule has 0 radical (unpaired) electrons. The van der Waals surface area contributed by atoms with Gasteiger partial charge in [-0.1, -0.05) is 50.1 Å². The second kappa shape index (κ2) is 20.4. The van der Waals surface area contributed by atoms with Crippen LogP contribution >= 0.6 is 0 Å². The molecule has 37 heavy (non-hydrogen) atoms. The average Bonchev–Trinajstić information content (AvgIpc) is 2.92. The van der Waals surface area contributed by atoms with Crippen LogP contribution in [0.4, 0.5) is 0 Å². The fourth-order valence-corrected chi connectivity index (χ4v) is 3.43. The summed E-state index contributed by atoms with van der Waals surface area (Å²) in [6, 6.07) is 9.41. The standard InChI is InChI=1S/C29H44O8/c1-4-29(22-35-26(30)16-10-6-12-20-33-2,23-36-27(31)17-11-7-13-21-34-3)24-37-28(32)19-18-25-14-8-5-9-15-25/h5,8-9,14-15,18-19H,4,6-7,10-13,16-17,20-24H2,1-3H3/b19-18+. The second-order valence-electron chi connectivity index (χ2n) is 9.13. The van der Waals surface area contributed by atoms with Crippen LogP contribution < -0.4 is 0 Å². The molecule has 208 valence electrons. The van der Waals surface area contributed by atoms with Gasteiger partial charge in [-0.15, -0.1) is 0 Å². The highest BCUT2D eigenvalue weighted by Gasteiger charge is 2.34. The average molecular weight is 521 g/mol. The minimum absolute atomic E-state index is 0.00277. The molecular formula is C29H44O8. The van der Waals surface area contributed by atoms with Crippen molar-refractivity contribution in [2.75, 3.05) is 47.3 Å². The maximum Gasteiger partial charge on any atom is 0.330 e. The van der Waals surface area contributed by atoms with Crippen LogP contribution in [0.15, 0.2) is 36.4 Å². The first-order valence-corrected chi connectivity index (χ1v) is 13.1. The molecule has 0 fully saturated rings. The third-order valence-corrected chi connectivity index (χ3v) is 6.02. The summed E-state index contributed by atoms with van der Waals surface area (Å²) in [4.78, 5) is 37.0. The molecule has 1 aromatic carbocycles. The summed E-state index contributed by atoms with van der Waals surface area (Å²) in [5.41, 5.74) is 0.0493. The summed E-state index contributed by atoms with van der Waals surface area (Å²) in [6.45, 7) is 3.18. The number of unbranched alkanes of at least 4 members (excludes halogenated alkanes) is 4. The molecule has 0 atom stereocenters. The summed E-state index contributed by atoms with van der Waals surface area (Å²) in [5.74, 6) is -1.17. The van der Waals surface area contributed by atoms with Gasteiger partial charge in [0.05, 0.1) is 5.41 Å². The van der Waals surface area contributed by atoms with Crippen LogP contribution in [-0.4, -0.2) is 65.2 Å². The molecular weight excluding hydrogens is 476 g/mol. The molecule has 0 saturated heterocycles. The maximum absolute atomic E-state index is 12.4.